The number of piperidine rings is 1. The van der Waals surface area contributed by atoms with E-state index in [9.17, 15) is 4.79 Å². The molecule has 2 atom stereocenters. The largest absolute Gasteiger partial charge is 0.376 e. The zero-order valence-corrected chi connectivity index (χ0v) is 19.8. The van der Waals surface area contributed by atoms with E-state index in [2.05, 4.69) is 29.5 Å². The smallest absolute Gasteiger partial charge is 0.143 e. The van der Waals surface area contributed by atoms with Crippen molar-refractivity contribution in [2.24, 2.45) is 11.8 Å². The molecule has 0 bridgehead atoms. The number of rotatable bonds is 7. The number of anilines is 1. The summed E-state index contributed by atoms with van der Waals surface area (Å²) >= 11 is 6.47. The second kappa shape index (κ2) is 10.3. The summed E-state index contributed by atoms with van der Waals surface area (Å²) in [6.45, 7) is 7.72. The molecule has 32 heavy (non-hydrogen) atoms. The van der Waals surface area contributed by atoms with Gasteiger partial charge in [0.1, 0.15) is 11.6 Å². The average Bonchev–Trinajstić information content (AvgIpc) is 2.79. The third kappa shape index (κ3) is 6.06. The maximum absolute atomic E-state index is 12.7. The molecule has 6 nitrogen and oxygen atoms in total. The van der Waals surface area contributed by atoms with Crippen molar-refractivity contribution in [1.82, 2.24) is 15.3 Å². The molecule has 2 aromatic rings. The molecule has 0 aliphatic carbocycles. The lowest BCUT2D eigenvalue weighted by Gasteiger charge is -2.35. The Morgan fingerprint density at radius 2 is 2.22 bits per heavy atom. The van der Waals surface area contributed by atoms with Gasteiger partial charge in [-0.2, -0.15) is 0 Å². The second-order valence-electron chi connectivity index (χ2n) is 9.60. The molecule has 0 amide bonds. The van der Waals surface area contributed by atoms with Gasteiger partial charge in [0.25, 0.3) is 0 Å². The minimum absolute atomic E-state index is 0.0635. The Morgan fingerprint density at radius 3 is 3.00 bits per heavy atom. The van der Waals surface area contributed by atoms with Gasteiger partial charge in [-0.15, -0.1) is 0 Å². The number of ketones is 1. The highest BCUT2D eigenvalue weighted by molar-refractivity contribution is 6.33. The molecule has 0 aromatic carbocycles. The first-order valence-corrected chi connectivity index (χ1v) is 12.0. The molecule has 172 valence electrons. The first kappa shape index (κ1) is 23.1. The summed E-state index contributed by atoms with van der Waals surface area (Å²) in [6.07, 6.45) is 6.04. The maximum Gasteiger partial charge on any atom is 0.143 e. The number of nitrogens with one attached hydrogen (secondary N) is 2. The van der Waals surface area contributed by atoms with Crippen molar-refractivity contribution in [2.75, 3.05) is 31.6 Å². The van der Waals surface area contributed by atoms with Gasteiger partial charge in [0.05, 0.1) is 16.3 Å². The molecule has 2 saturated heterocycles. The minimum Gasteiger partial charge on any atom is -0.376 e. The fraction of sp³-hybridized carbons (Fsp3) is 0.560. The molecule has 7 heteroatoms. The van der Waals surface area contributed by atoms with Crippen LogP contribution in [0.3, 0.4) is 0 Å². The normalized spacial score (nSPS) is 23.0. The lowest BCUT2D eigenvalue weighted by Crippen LogP contribution is -2.36. The summed E-state index contributed by atoms with van der Waals surface area (Å²) in [5.74, 6) is 1.69. The van der Waals surface area contributed by atoms with Gasteiger partial charge in [0.2, 0.25) is 0 Å². The van der Waals surface area contributed by atoms with Crippen LogP contribution in [0, 0.1) is 11.8 Å². The molecular weight excluding hydrogens is 424 g/mol. The van der Waals surface area contributed by atoms with E-state index in [-0.39, 0.29) is 17.3 Å². The molecule has 0 spiro atoms. The highest BCUT2D eigenvalue weighted by Crippen LogP contribution is 2.30. The molecule has 2 N–H and O–H groups in total. The van der Waals surface area contributed by atoms with Crippen LogP contribution in [0.2, 0.25) is 5.02 Å². The van der Waals surface area contributed by atoms with Crippen molar-refractivity contribution >= 4 is 23.2 Å². The van der Waals surface area contributed by atoms with Gasteiger partial charge >= 0.3 is 0 Å². The first-order valence-electron chi connectivity index (χ1n) is 11.6. The summed E-state index contributed by atoms with van der Waals surface area (Å²) in [6, 6.07) is 7.81. The highest BCUT2D eigenvalue weighted by Gasteiger charge is 2.28. The quantitative estimate of drug-likeness (QED) is 0.637. The Kier molecular flexibility index (Phi) is 7.44. The van der Waals surface area contributed by atoms with Crippen LogP contribution in [0.25, 0.3) is 11.3 Å². The van der Waals surface area contributed by atoms with Crippen LogP contribution in [0.5, 0.6) is 0 Å². The number of carbonyl (C=O) groups excluding carboxylic acids is 1. The molecule has 2 fully saturated rings. The van der Waals surface area contributed by atoms with Gasteiger partial charge in [-0.25, -0.2) is 4.98 Å². The van der Waals surface area contributed by atoms with E-state index in [0.717, 1.165) is 74.7 Å². The van der Waals surface area contributed by atoms with Crippen LogP contribution >= 0.6 is 11.6 Å². The monoisotopic (exact) mass is 456 g/mol. The van der Waals surface area contributed by atoms with Gasteiger partial charge in [-0.3, -0.25) is 9.78 Å². The Labute approximate surface area is 195 Å². The van der Waals surface area contributed by atoms with Crippen LogP contribution in [-0.4, -0.2) is 47.6 Å². The van der Waals surface area contributed by atoms with E-state index in [0.29, 0.717) is 17.4 Å². The lowest BCUT2D eigenvalue weighted by atomic mass is 9.88. The Hall–Kier alpha value is -2.02. The van der Waals surface area contributed by atoms with Gasteiger partial charge < -0.3 is 15.4 Å². The molecule has 4 rings (SSSR count). The summed E-state index contributed by atoms with van der Waals surface area (Å²) in [5, 5.41) is 7.33. The zero-order chi connectivity index (χ0) is 22.6. The van der Waals surface area contributed by atoms with Crippen molar-refractivity contribution in [3.8, 4) is 11.3 Å². The molecule has 0 radical (unpaired) electrons. The number of carbonyl (C=O) groups is 1. The Morgan fingerprint density at radius 1 is 1.34 bits per heavy atom. The molecular formula is C25H33ClN4O2. The number of Topliss-reactive ketones (excluding diaryl/α,β-unsaturated/α-hetero) is 1. The summed E-state index contributed by atoms with van der Waals surface area (Å²) in [5.41, 5.74) is 2.26. The van der Waals surface area contributed by atoms with Crippen molar-refractivity contribution in [3.63, 3.8) is 0 Å². The molecule has 0 unspecified atom stereocenters. The fourth-order valence-corrected chi connectivity index (χ4v) is 4.89. The molecule has 4 heterocycles. The van der Waals surface area contributed by atoms with E-state index in [1.165, 1.54) is 0 Å². The zero-order valence-electron chi connectivity index (χ0n) is 19.0. The van der Waals surface area contributed by atoms with Crippen LogP contribution < -0.4 is 10.6 Å². The summed E-state index contributed by atoms with van der Waals surface area (Å²) in [4.78, 5) is 21.9. The topological polar surface area (TPSA) is 76.1 Å². The minimum atomic E-state index is -0.0635. The average molecular weight is 457 g/mol. The fourth-order valence-electron chi connectivity index (χ4n) is 4.69. The standard InChI is InChI=1S/C25H33ClN4O2/c1-25(2)13-17(8-10-32-25)14-29-24-7-3-6-22(30-24)20-11-19(28-16-21(20)26)12-23(31)18-5-4-9-27-15-18/h3,6-7,11,16-18,27H,4-5,8-10,12-15H2,1-2H3,(H,29,30)/t17-,18-/m1/s1. The van der Waals surface area contributed by atoms with Gasteiger partial charge in [0.15, 0.2) is 0 Å². The molecule has 0 saturated carbocycles. The van der Waals surface area contributed by atoms with Crippen molar-refractivity contribution in [1.29, 1.82) is 0 Å². The SMILES string of the molecule is CC1(C)C[C@H](CNc2cccc(-c3cc(CC(=O)[C@@H]4CCCNC4)ncc3Cl)n2)CCO1. The van der Waals surface area contributed by atoms with Gasteiger partial charge in [-0.1, -0.05) is 17.7 Å². The van der Waals surface area contributed by atoms with E-state index in [1.54, 1.807) is 6.20 Å². The number of ether oxygens (including phenoxy) is 1. The lowest BCUT2D eigenvalue weighted by molar-refractivity contribution is -0.122. The summed E-state index contributed by atoms with van der Waals surface area (Å²) in [7, 11) is 0. The van der Waals surface area contributed by atoms with Gasteiger partial charge in [0, 0.05) is 49.5 Å². The van der Waals surface area contributed by atoms with E-state index < -0.39 is 0 Å². The summed E-state index contributed by atoms with van der Waals surface area (Å²) < 4.78 is 5.82. The van der Waals surface area contributed by atoms with Crippen molar-refractivity contribution < 1.29 is 9.53 Å². The van der Waals surface area contributed by atoms with Gasteiger partial charge in [-0.05, 0) is 70.2 Å². The molecule has 2 aliphatic rings. The predicted molar refractivity (Wildman–Crippen MR) is 128 cm³/mol. The second-order valence-corrected chi connectivity index (χ2v) is 10.0. The van der Waals surface area contributed by atoms with Crippen LogP contribution in [0.4, 0.5) is 5.82 Å². The van der Waals surface area contributed by atoms with E-state index >= 15 is 0 Å². The van der Waals surface area contributed by atoms with Crippen LogP contribution in [0.15, 0.2) is 30.5 Å². The van der Waals surface area contributed by atoms with Crippen LogP contribution in [-0.2, 0) is 16.0 Å². The number of aromatic nitrogens is 2. The number of halogens is 1. The number of hydrogen-bond donors (Lipinski definition) is 2. The number of nitrogens with zero attached hydrogens (tertiary/aromatic N) is 2. The molecule has 2 aromatic heterocycles. The third-order valence-electron chi connectivity index (χ3n) is 6.42. The maximum atomic E-state index is 12.7. The van der Waals surface area contributed by atoms with Crippen molar-refractivity contribution in [2.45, 2.75) is 51.6 Å². The Balaban J connectivity index is 1.43. The van der Waals surface area contributed by atoms with Crippen molar-refractivity contribution in [3.05, 3.63) is 41.2 Å². The first-order chi connectivity index (χ1) is 15.4. The van der Waals surface area contributed by atoms with E-state index in [4.69, 9.17) is 21.3 Å². The van der Waals surface area contributed by atoms with E-state index in [1.807, 2.05) is 24.3 Å². The highest BCUT2D eigenvalue weighted by atomic mass is 35.5. The van der Waals surface area contributed by atoms with Crippen LogP contribution in [0.1, 0.15) is 45.2 Å². The third-order valence-corrected chi connectivity index (χ3v) is 6.72. The molecule has 2 aliphatic heterocycles. The Bertz CT molecular complexity index is 943. The predicted octanol–water partition coefficient (Wildman–Crippen LogP) is 4.53. The number of pyridine rings is 2. The number of hydrogen-bond acceptors (Lipinski definition) is 6.